The van der Waals surface area contributed by atoms with Gasteiger partial charge in [-0.25, -0.2) is 4.98 Å². The first kappa shape index (κ1) is 17.5. The molecule has 0 saturated carbocycles. The van der Waals surface area contributed by atoms with E-state index >= 15 is 0 Å². The maximum atomic E-state index is 12.7. The van der Waals surface area contributed by atoms with E-state index in [0.717, 1.165) is 0 Å². The van der Waals surface area contributed by atoms with E-state index in [1.54, 1.807) is 10.6 Å². The van der Waals surface area contributed by atoms with Gasteiger partial charge in [-0.05, 0) is 31.9 Å². The molecule has 0 bridgehead atoms. The number of hydrogen-bond donors (Lipinski definition) is 1. The van der Waals surface area contributed by atoms with Crippen LogP contribution in [0.25, 0.3) is 10.9 Å². The van der Waals surface area contributed by atoms with Crippen molar-refractivity contribution in [2.24, 2.45) is 5.92 Å². The minimum Gasteiger partial charge on any atom is -0.353 e. The Morgan fingerprint density at radius 1 is 1.26 bits per heavy atom. The maximum Gasteiger partial charge on any atom is 0.262 e. The van der Waals surface area contributed by atoms with Gasteiger partial charge in [0.15, 0.2) is 5.16 Å². The van der Waals surface area contributed by atoms with E-state index in [4.69, 9.17) is 0 Å². The fourth-order valence-electron chi connectivity index (χ4n) is 2.28. The molecular weight excluding hydrogens is 310 g/mol. The number of fused-ring (bicyclic) bond motifs is 1. The SMILES string of the molecule is CC(C)Cn1c(SCC(=O)NC(C)C)nc2ccccc2c1=O. The molecule has 0 fully saturated rings. The highest BCUT2D eigenvalue weighted by atomic mass is 32.2. The van der Waals surface area contributed by atoms with Gasteiger partial charge in [-0.3, -0.25) is 14.2 Å². The first-order chi connectivity index (χ1) is 10.9. The molecule has 0 radical (unpaired) electrons. The van der Waals surface area contributed by atoms with Crippen molar-refractivity contribution in [1.29, 1.82) is 0 Å². The number of thioether (sulfide) groups is 1. The molecule has 23 heavy (non-hydrogen) atoms. The fraction of sp³-hybridized carbons (Fsp3) is 0.471. The zero-order valence-electron chi connectivity index (χ0n) is 14.0. The van der Waals surface area contributed by atoms with Crippen LogP contribution >= 0.6 is 11.8 Å². The topological polar surface area (TPSA) is 64.0 Å². The van der Waals surface area contributed by atoms with Crippen molar-refractivity contribution in [2.45, 2.75) is 45.4 Å². The van der Waals surface area contributed by atoms with Crippen molar-refractivity contribution in [2.75, 3.05) is 5.75 Å². The van der Waals surface area contributed by atoms with E-state index in [9.17, 15) is 9.59 Å². The minimum atomic E-state index is -0.0523. The molecule has 1 aromatic heterocycles. The average molecular weight is 333 g/mol. The summed E-state index contributed by atoms with van der Waals surface area (Å²) >= 11 is 1.31. The summed E-state index contributed by atoms with van der Waals surface area (Å²) in [4.78, 5) is 29.2. The highest BCUT2D eigenvalue weighted by Crippen LogP contribution is 2.18. The lowest BCUT2D eigenvalue weighted by molar-refractivity contribution is -0.119. The third kappa shape index (κ3) is 4.58. The second kappa shape index (κ2) is 7.64. The molecule has 1 heterocycles. The number of carbonyl (C=O) groups excluding carboxylic acids is 1. The molecule has 1 N–H and O–H groups in total. The molecular formula is C17H23N3O2S. The molecule has 124 valence electrons. The van der Waals surface area contributed by atoms with Gasteiger partial charge in [-0.2, -0.15) is 0 Å². The monoisotopic (exact) mass is 333 g/mol. The second-order valence-corrected chi connectivity index (χ2v) is 7.17. The summed E-state index contributed by atoms with van der Waals surface area (Å²) < 4.78 is 1.68. The van der Waals surface area contributed by atoms with Gasteiger partial charge < -0.3 is 5.32 Å². The highest BCUT2D eigenvalue weighted by Gasteiger charge is 2.14. The van der Waals surface area contributed by atoms with Gasteiger partial charge >= 0.3 is 0 Å². The number of aromatic nitrogens is 2. The van der Waals surface area contributed by atoms with Crippen LogP contribution in [0.3, 0.4) is 0 Å². The van der Waals surface area contributed by atoms with Crippen molar-refractivity contribution in [3.05, 3.63) is 34.6 Å². The average Bonchev–Trinajstić information content (AvgIpc) is 2.47. The van der Waals surface area contributed by atoms with E-state index in [-0.39, 0.29) is 23.3 Å². The minimum absolute atomic E-state index is 0.0453. The Kier molecular flexibility index (Phi) is 5.82. The first-order valence-electron chi connectivity index (χ1n) is 7.80. The lowest BCUT2D eigenvalue weighted by Gasteiger charge is -2.15. The highest BCUT2D eigenvalue weighted by molar-refractivity contribution is 7.99. The lowest BCUT2D eigenvalue weighted by Crippen LogP contribution is -2.32. The van der Waals surface area contributed by atoms with Crippen LogP contribution in [-0.2, 0) is 11.3 Å². The zero-order valence-corrected chi connectivity index (χ0v) is 14.8. The summed E-state index contributed by atoms with van der Waals surface area (Å²) in [6, 6.07) is 7.43. The molecule has 0 unspecified atom stereocenters. The molecule has 0 aliphatic heterocycles. The van der Waals surface area contributed by atoms with Crippen LogP contribution in [0.5, 0.6) is 0 Å². The number of hydrogen-bond acceptors (Lipinski definition) is 4. The van der Waals surface area contributed by atoms with Crippen LogP contribution < -0.4 is 10.9 Å². The van der Waals surface area contributed by atoms with Gasteiger partial charge in [0.1, 0.15) is 0 Å². The summed E-state index contributed by atoms with van der Waals surface area (Å²) in [5.74, 6) is 0.518. The van der Waals surface area contributed by atoms with E-state index in [1.807, 2.05) is 32.0 Å². The Balaban J connectivity index is 2.36. The fourth-order valence-corrected chi connectivity index (χ4v) is 3.10. The summed E-state index contributed by atoms with van der Waals surface area (Å²) in [7, 11) is 0. The molecule has 2 rings (SSSR count). The Morgan fingerprint density at radius 2 is 1.96 bits per heavy atom. The van der Waals surface area contributed by atoms with Gasteiger partial charge in [0, 0.05) is 12.6 Å². The molecule has 0 saturated heterocycles. The second-order valence-electron chi connectivity index (χ2n) is 6.23. The number of carbonyl (C=O) groups is 1. The predicted octanol–water partition coefficient (Wildman–Crippen LogP) is 2.67. The number of nitrogens with one attached hydrogen (secondary N) is 1. The Labute approximate surface area is 140 Å². The quantitative estimate of drug-likeness (QED) is 0.652. The Bertz CT molecular complexity index is 753. The van der Waals surface area contributed by atoms with Crippen LogP contribution in [0, 0.1) is 5.92 Å². The molecule has 0 aliphatic carbocycles. The zero-order chi connectivity index (χ0) is 17.0. The summed E-state index contributed by atoms with van der Waals surface area (Å²) in [6.45, 7) is 8.55. The summed E-state index contributed by atoms with van der Waals surface area (Å²) in [5, 5.41) is 4.06. The van der Waals surface area contributed by atoms with E-state index in [1.165, 1.54) is 11.8 Å². The summed E-state index contributed by atoms with van der Waals surface area (Å²) in [6.07, 6.45) is 0. The van der Waals surface area contributed by atoms with Gasteiger partial charge in [0.2, 0.25) is 5.91 Å². The van der Waals surface area contributed by atoms with Crippen LogP contribution in [-0.4, -0.2) is 27.3 Å². The Hall–Kier alpha value is -1.82. The van der Waals surface area contributed by atoms with Crippen molar-refractivity contribution < 1.29 is 4.79 Å². The van der Waals surface area contributed by atoms with Crippen LogP contribution in [0.1, 0.15) is 27.7 Å². The van der Waals surface area contributed by atoms with Crippen molar-refractivity contribution in [3.63, 3.8) is 0 Å². The van der Waals surface area contributed by atoms with E-state index in [0.29, 0.717) is 28.5 Å². The molecule has 1 aromatic carbocycles. The van der Waals surface area contributed by atoms with E-state index < -0.39 is 0 Å². The van der Waals surface area contributed by atoms with Crippen LogP contribution in [0.15, 0.2) is 34.2 Å². The molecule has 0 atom stereocenters. The third-order valence-electron chi connectivity index (χ3n) is 3.16. The number of para-hydroxylation sites is 1. The van der Waals surface area contributed by atoms with Crippen molar-refractivity contribution >= 4 is 28.6 Å². The lowest BCUT2D eigenvalue weighted by atomic mass is 10.2. The van der Waals surface area contributed by atoms with Gasteiger partial charge in [-0.15, -0.1) is 0 Å². The Morgan fingerprint density at radius 3 is 2.61 bits per heavy atom. The third-order valence-corrected chi connectivity index (χ3v) is 4.13. The number of rotatable bonds is 6. The smallest absolute Gasteiger partial charge is 0.262 e. The molecule has 2 aromatic rings. The van der Waals surface area contributed by atoms with Crippen molar-refractivity contribution in [3.8, 4) is 0 Å². The van der Waals surface area contributed by atoms with Gasteiger partial charge in [0.25, 0.3) is 5.56 Å². The predicted molar refractivity (Wildman–Crippen MR) is 94.8 cm³/mol. The molecule has 6 heteroatoms. The first-order valence-corrected chi connectivity index (χ1v) is 8.78. The van der Waals surface area contributed by atoms with Crippen LogP contribution in [0.4, 0.5) is 0 Å². The molecule has 0 aliphatic rings. The maximum absolute atomic E-state index is 12.7. The number of nitrogens with zero attached hydrogens (tertiary/aromatic N) is 2. The van der Waals surface area contributed by atoms with Gasteiger partial charge in [0.05, 0.1) is 16.7 Å². The molecule has 0 spiro atoms. The number of benzene rings is 1. The van der Waals surface area contributed by atoms with Crippen molar-refractivity contribution in [1.82, 2.24) is 14.9 Å². The molecule has 1 amide bonds. The molecule has 5 nitrogen and oxygen atoms in total. The number of amides is 1. The van der Waals surface area contributed by atoms with Gasteiger partial charge in [-0.1, -0.05) is 37.7 Å². The van der Waals surface area contributed by atoms with Crippen LogP contribution in [0.2, 0.25) is 0 Å². The standard InChI is InChI=1S/C17H23N3O2S/c1-11(2)9-20-16(22)13-7-5-6-8-14(13)19-17(20)23-10-15(21)18-12(3)4/h5-8,11-12H,9-10H2,1-4H3,(H,18,21). The van der Waals surface area contributed by atoms with E-state index in [2.05, 4.69) is 24.1 Å². The largest absolute Gasteiger partial charge is 0.353 e. The normalized spacial score (nSPS) is 11.4. The summed E-state index contributed by atoms with van der Waals surface area (Å²) in [5.41, 5.74) is 0.625.